The molecule has 2 aliphatic heterocycles. The van der Waals surface area contributed by atoms with Crippen LogP contribution >= 0.6 is 0 Å². The molecule has 4 N–H and O–H groups in total. The van der Waals surface area contributed by atoms with Crippen LogP contribution in [0, 0.1) is 19.8 Å². The molecule has 0 unspecified atom stereocenters. The van der Waals surface area contributed by atoms with Gasteiger partial charge in [-0.15, -0.1) is 0 Å². The molecule has 4 atom stereocenters. The summed E-state index contributed by atoms with van der Waals surface area (Å²) in [6.45, 7) is 7.57. The monoisotopic (exact) mass is 451 g/mol. The van der Waals surface area contributed by atoms with E-state index in [1.165, 1.54) is 0 Å². The summed E-state index contributed by atoms with van der Waals surface area (Å²) in [4.78, 5) is 38.7. The minimum Gasteiger partial charge on any atom is -0.462 e. The number of anilines is 2. The number of fused-ring (bicyclic) bond motifs is 2. The molecular formula is C25H29N3O5. The van der Waals surface area contributed by atoms with E-state index in [4.69, 9.17) is 4.74 Å². The van der Waals surface area contributed by atoms with Crippen molar-refractivity contribution < 1.29 is 24.2 Å². The Morgan fingerprint density at radius 1 is 1.21 bits per heavy atom. The van der Waals surface area contributed by atoms with Gasteiger partial charge in [-0.2, -0.15) is 0 Å². The maximum absolute atomic E-state index is 13.5. The van der Waals surface area contributed by atoms with Crippen molar-refractivity contribution in [3.63, 3.8) is 0 Å². The van der Waals surface area contributed by atoms with Gasteiger partial charge in [-0.3, -0.25) is 14.9 Å². The normalized spacial score (nSPS) is 24.3. The second kappa shape index (κ2) is 8.61. The zero-order valence-corrected chi connectivity index (χ0v) is 19.2. The number of aliphatic hydroxyl groups is 1. The predicted octanol–water partition coefficient (Wildman–Crippen LogP) is 2.63. The summed E-state index contributed by atoms with van der Waals surface area (Å²) < 4.78 is 4.99. The van der Waals surface area contributed by atoms with Gasteiger partial charge in [0, 0.05) is 23.0 Å². The summed E-state index contributed by atoms with van der Waals surface area (Å²) in [6, 6.07) is 9.81. The van der Waals surface area contributed by atoms with Crippen LogP contribution in [0.1, 0.15) is 47.3 Å². The van der Waals surface area contributed by atoms with Crippen molar-refractivity contribution in [1.29, 1.82) is 0 Å². The minimum absolute atomic E-state index is 0.279. The molecule has 33 heavy (non-hydrogen) atoms. The highest BCUT2D eigenvalue weighted by molar-refractivity contribution is 6.11. The number of benzene rings is 2. The van der Waals surface area contributed by atoms with Crippen molar-refractivity contribution in [1.82, 2.24) is 5.32 Å². The lowest BCUT2D eigenvalue weighted by atomic mass is 9.78. The van der Waals surface area contributed by atoms with Crippen molar-refractivity contribution in [2.24, 2.45) is 5.92 Å². The Bertz CT molecular complexity index is 1110. The first kappa shape index (κ1) is 22.9. The van der Waals surface area contributed by atoms with Crippen molar-refractivity contribution in [3.05, 3.63) is 58.7 Å². The van der Waals surface area contributed by atoms with Gasteiger partial charge in [0.05, 0.1) is 24.2 Å². The van der Waals surface area contributed by atoms with E-state index in [1.54, 1.807) is 38.1 Å². The van der Waals surface area contributed by atoms with Crippen molar-refractivity contribution >= 4 is 29.2 Å². The Morgan fingerprint density at radius 2 is 1.91 bits per heavy atom. The Kier molecular flexibility index (Phi) is 5.99. The van der Waals surface area contributed by atoms with E-state index >= 15 is 0 Å². The van der Waals surface area contributed by atoms with Gasteiger partial charge < -0.3 is 20.5 Å². The van der Waals surface area contributed by atoms with E-state index < -0.39 is 29.6 Å². The molecule has 174 valence electrons. The molecule has 0 aromatic heterocycles. The molecule has 8 heteroatoms. The molecule has 2 heterocycles. The molecule has 2 aromatic rings. The number of esters is 1. The van der Waals surface area contributed by atoms with Crippen LogP contribution in [0.3, 0.4) is 0 Å². The van der Waals surface area contributed by atoms with Crippen molar-refractivity contribution in [3.8, 4) is 0 Å². The van der Waals surface area contributed by atoms with Crippen LogP contribution in [0.25, 0.3) is 0 Å². The van der Waals surface area contributed by atoms with Gasteiger partial charge in [-0.25, -0.2) is 4.79 Å². The first-order valence-corrected chi connectivity index (χ1v) is 11.1. The van der Waals surface area contributed by atoms with Gasteiger partial charge in [0.25, 0.3) is 0 Å². The third-order valence-electron chi connectivity index (χ3n) is 6.75. The highest BCUT2D eigenvalue weighted by atomic mass is 16.5. The largest absolute Gasteiger partial charge is 0.462 e. The minimum atomic E-state index is -1.27. The number of amides is 2. The Labute approximate surface area is 192 Å². The number of hydrogen-bond acceptors (Lipinski definition) is 6. The zero-order chi connectivity index (χ0) is 23.9. The number of nitrogens with one attached hydrogen (secondary N) is 3. The second-order valence-corrected chi connectivity index (χ2v) is 8.76. The molecule has 4 rings (SSSR count). The van der Waals surface area contributed by atoms with Crippen LogP contribution in [-0.4, -0.2) is 41.6 Å². The number of aliphatic hydroxyl groups excluding tert-OH is 1. The SMILES string of the molecule is CCOC(=O)c1ccc(NC(=O)[C@@H]2C[C@H]([C@@H](C)O)N[C@@]23C(=O)Nc2c3ccc(C)c2C)cc1. The summed E-state index contributed by atoms with van der Waals surface area (Å²) in [6.07, 6.45) is -0.448. The number of rotatable bonds is 5. The van der Waals surface area contributed by atoms with Gasteiger partial charge in [0.2, 0.25) is 11.8 Å². The van der Waals surface area contributed by atoms with E-state index in [1.807, 2.05) is 26.0 Å². The van der Waals surface area contributed by atoms with E-state index in [2.05, 4.69) is 16.0 Å². The smallest absolute Gasteiger partial charge is 0.338 e. The molecule has 2 amide bonds. The summed E-state index contributed by atoms with van der Waals surface area (Å²) in [7, 11) is 0. The maximum atomic E-state index is 13.5. The number of carbonyl (C=O) groups excluding carboxylic acids is 3. The van der Waals surface area contributed by atoms with Gasteiger partial charge in [-0.05, 0) is 69.5 Å². The van der Waals surface area contributed by atoms with E-state index in [9.17, 15) is 19.5 Å². The van der Waals surface area contributed by atoms with Crippen LogP contribution < -0.4 is 16.0 Å². The maximum Gasteiger partial charge on any atom is 0.338 e. The molecule has 0 radical (unpaired) electrons. The second-order valence-electron chi connectivity index (χ2n) is 8.76. The first-order chi connectivity index (χ1) is 15.7. The zero-order valence-electron chi connectivity index (χ0n) is 19.2. The van der Waals surface area contributed by atoms with Crippen LogP contribution in [0.4, 0.5) is 11.4 Å². The van der Waals surface area contributed by atoms with Gasteiger partial charge >= 0.3 is 5.97 Å². The predicted molar refractivity (Wildman–Crippen MR) is 124 cm³/mol. The highest BCUT2D eigenvalue weighted by Gasteiger charge is 2.61. The van der Waals surface area contributed by atoms with Crippen LogP contribution in [0.15, 0.2) is 36.4 Å². The fourth-order valence-corrected chi connectivity index (χ4v) is 4.77. The molecule has 1 fully saturated rings. The Balaban J connectivity index is 1.66. The van der Waals surface area contributed by atoms with Gasteiger partial charge in [0.1, 0.15) is 5.54 Å². The number of ether oxygens (including phenoxy) is 1. The van der Waals surface area contributed by atoms with Gasteiger partial charge in [-0.1, -0.05) is 12.1 Å². The fourth-order valence-electron chi connectivity index (χ4n) is 4.77. The van der Waals surface area contributed by atoms with E-state index in [-0.39, 0.29) is 18.4 Å². The lowest BCUT2D eigenvalue weighted by Gasteiger charge is -2.29. The fraction of sp³-hybridized carbons (Fsp3) is 0.400. The molecule has 8 nitrogen and oxygen atoms in total. The molecule has 0 bridgehead atoms. The molecule has 1 spiro atoms. The molecule has 2 aliphatic rings. The summed E-state index contributed by atoms with van der Waals surface area (Å²) in [5.41, 5.74) is 3.05. The number of aryl methyl sites for hydroxylation is 1. The molecule has 2 aromatic carbocycles. The van der Waals surface area contributed by atoms with E-state index in [0.717, 1.165) is 22.4 Å². The summed E-state index contributed by atoms with van der Waals surface area (Å²) >= 11 is 0. The molecule has 1 saturated heterocycles. The number of hydrogen-bond donors (Lipinski definition) is 4. The Hall–Kier alpha value is -3.23. The molecule has 0 aliphatic carbocycles. The van der Waals surface area contributed by atoms with Crippen LogP contribution in [-0.2, 0) is 19.9 Å². The van der Waals surface area contributed by atoms with E-state index in [0.29, 0.717) is 17.7 Å². The third kappa shape index (κ3) is 3.79. The molecular weight excluding hydrogens is 422 g/mol. The average Bonchev–Trinajstić information content (AvgIpc) is 3.32. The molecule has 0 saturated carbocycles. The standard InChI is InChI=1S/C25H29N3O5/c1-5-33-23(31)16-7-9-17(10-8-16)26-22(30)19-12-20(15(4)29)28-25(19)18-11-6-13(2)14(3)21(18)27-24(25)32/h6-11,15,19-20,28-29H,5,12H2,1-4H3,(H,26,30)(H,27,32)/t15-,19+,20-,25-/m1/s1. The topological polar surface area (TPSA) is 117 Å². The third-order valence-corrected chi connectivity index (χ3v) is 6.75. The summed E-state index contributed by atoms with van der Waals surface area (Å²) in [5.74, 6) is -1.81. The number of carbonyl (C=O) groups is 3. The Morgan fingerprint density at radius 3 is 2.55 bits per heavy atom. The van der Waals surface area contributed by atoms with Crippen LogP contribution in [0.2, 0.25) is 0 Å². The first-order valence-electron chi connectivity index (χ1n) is 11.1. The highest BCUT2D eigenvalue weighted by Crippen LogP contribution is 2.49. The lowest BCUT2D eigenvalue weighted by Crippen LogP contribution is -2.53. The average molecular weight is 452 g/mol. The van der Waals surface area contributed by atoms with Crippen molar-refractivity contribution in [2.75, 3.05) is 17.2 Å². The lowest BCUT2D eigenvalue weighted by molar-refractivity contribution is -0.130. The van der Waals surface area contributed by atoms with Crippen molar-refractivity contribution in [2.45, 2.75) is 51.8 Å². The summed E-state index contributed by atoms with van der Waals surface area (Å²) in [5, 5.41) is 19.4. The van der Waals surface area contributed by atoms with Crippen LogP contribution in [0.5, 0.6) is 0 Å². The quantitative estimate of drug-likeness (QED) is 0.520. The van der Waals surface area contributed by atoms with Gasteiger partial charge in [0.15, 0.2) is 0 Å².